The molecule has 5 rings (SSSR count). The SMILES string of the molecule is CCOc1ccc(/C(O)=C2\C(=O)C(=O)N(c3nc4ccc(C)cc4[nH]3)C2c2ccc(OC)c(OC)c2)cc1C. The summed E-state index contributed by atoms with van der Waals surface area (Å²) >= 11 is 0. The number of benzene rings is 3. The lowest BCUT2D eigenvalue weighted by molar-refractivity contribution is -0.132. The van der Waals surface area contributed by atoms with E-state index in [4.69, 9.17) is 14.2 Å². The number of rotatable bonds is 7. The number of H-pyrrole nitrogens is 1. The second kappa shape index (κ2) is 10.2. The Morgan fingerprint density at radius 1 is 0.974 bits per heavy atom. The van der Waals surface area contributed by atoms with Crippen LogP contribution in [0.5, 0.6) is 17.2 Å². The number of aromatic amines is 1. The molecule has 1 aliphatic heterocycles. The normalized spacial score (nSPS) is 16.6. The fourth-order valence-electron chi connectivity index (χ4n) is 4.88. The lowest BCUT2D eigenvalue weighted by atomic mass is 9.94. The molecule has 39 heavy (non-hydrogen) atoms. The third-order valence-corrected chi connectivity index (χ3v) is 6.77. The number of Topliss-reactive ketones (excluding diaryl/α,β-unsaturated/α-hetero) is 1. The van der Waals surface area contributed by atoms with Gasteiger partial charge < -0.3 is 24.3 Å². The standard InChI is InChI=1S/C30H29N3O6/c1-6-39-22-11-9-19(14-17(22)3)27(34)25-26(18-8-12-23(37-4)24(15-18)38-5)33(29(36)28(25)35)30-31-20-10-7-16(2)13-21(20)32-30/h7-15,26,34H,6H2,1-5H3,(H,31,32)/b27-25+. The van der Waals surface area contributed by atoms with Crippen LogP contribution in [0.4, 0.5) is 5.95 Å². The fourth-order valence-corrected chi connectivity index (χ4v) is 4.88. The van der Waals surface area contributed by atoms with E-state index in [1.807, 2.05) is 39.0 Å². The van der Waals surface area contributed by atoms with Gasteiger partial charge in [0.15, 0.2) is 11.5 Å². The van der Waals surface area contributed by atoms with Crippen LogP contribution in [0.2, 0.25) is 0 Å². The summed E-state index contributed by atoms with van der Waals surface area (Å²) < 4.78 is 16.5. The highest BCUT2D eigenvalue weighted by Crippen LogP contribution is 2.44. The van der Waals surface area contributed by atoms with E-state index in [-0.39, 0.29) is 17.3 Å². The Labute approximate surface area is 225 Å². The zero-order chi connectivity index (χ0) is 27.8. The van der Waals surface area contributed by atoms with Crippen molar-refractivity contribution in [2.24, 2.45) is 0 Å². The van der Waals surface area contributed by atoms with Gasteiger partial charge in [-0.2, -0.15) is 0 Å². The molecule has 0 radical (unpaired) electrons. The highest BCUT2D eigenvalue weighted by Gasteiger charge is 2.48. The van der Waals surface area contributed by atoms with Crippen LogP contribution in [0.3, 0.4) is 0 Å². The van der Waals surface area contributed by atoms with E-state index in [9.17, 15) is 14.7 Å². The number of carbonyl (C=O) groups excluding carboxylic acids is 2. The van der Waals surface area contributed by atoms with Crippen LogP contribution < -0.4 is 19.1 Å². The minimum atomic E-state index is -0.988. The van der Waals surface area contributed by atoms with Gasteiger partial charge in [0.1, 0.15) is 11.5 Å². The van der Waals surface area contributed by atoms with Crippen LogP contribution in [0.15, 0.2) is 60.2 Å². The highest BCUT2D eigenvalue weighted by atomic mass is 16.5. The van der Waals surface area contributed by atoms with E-state index >= 15 is 0 Å². The van der Waals surface area contributed by atoms with E-state index in [2.05, 4.69) is 9.97 Å². The van der Waals surface area contributed by atoms with Crippen molar-refractivity contribution >= 4 is 34.4 Å². The Balaban J connectivity index is 1.73. The molecule has 1 aromatic heterocycles. The van der Waals surface area contributed by atoms with Crippen molar-refractivity contribution in [1.82, 2.24) is 9.97 Å². The summed E-state index contributed by atoms with van der Waals surface area (Å²) in [6.45, 7) is 6.18. The number of aromatic nitrogens is 2. The van der Waals surface area contributed by atoms with Crippen LogP contribution >= 0.6 is 0 Å². The number of aryl methyl sites for hydroxylation is 2. The van der Waals surface area contributed by atoms with Gasteiger partial charge in [0.05, 0.1) is 43.5 Å². The highest BCUT2D eigenvalue weighted by molar-refractivity contribution is 6.51. The Morgan fingerprint density at radius 3 is 2.41 bits per heavy atom. The van der Waals surface area contributed by atoms with E-state index in [0.29, 0.717) is 40.5 Å². The number of nitrogens with one attached hydrogen (secondary N) is 1. The number of imidazole rings is 1. The molecule has 2 heterocycles. The van der Waals surface area contributed by atoms with E-state index in [0.717, 1.165) is 16.6 Å². The number of aliphatic hydroxyl groups excluding tert-OH is 1. The third-order valence-electron chi connectivity index (χ3n) is 6.77. The Hall–Kier alpha value is -4.79. The van der Waals surface area contributed by atoms with Crippen LogP contribution in [-0.2, 0) is 9.59 Å². The summed E-state index contributed by atoms with van der Waals surface area (Å²) in [7, 11) is 3.02. The molecular weight excluding hydrogens is 498 g/mol. The smallest absolute Gasteiger partial charge is 0.302 e. The number of amides is 1. The average Bonchev–Trinajstić information content (AvgIpc) is 3.46. The number of hydrogen-bond donors (Lipinski definition) is 2. The summed E-state index contributed by atoms with van der Waals surface area (Å²) in [6.07, 6.45) is 0. The molecule has 3 aromatic carbocycles. The number of fused-ring (bicyclic) bond motifs is 1. The summed E-state index contributed by atoms with van der Waals surface area (Å²) in [5.41, 5.74) is 4.03. The minimum absolute atomic E-state index is 0.0626. The summed E-state index contributed by atoms with van der Waals surface area (Å²) in [5.74, 6) is -0.167. The van der Waals surface area contributed by atoms with Crippen LogP contribution in [-0.4, -0.2) is 47.6 Å². The lowest BCUT2D eigenvalue weighted by Crippen LogP contribution is -2.30. The Morgan fingerprint density at radius 2 is 1.72 bits per heavy atom. The topological polar surface area (TPSA) is 114 Å². The third kappa shape index (κ3) is 4.46. The molecule has 9 nitrogen and oxygen atoms in total. The van der Waals surface area contributed by atoms with Crippen molar-refractivity contribution in [3.05, 3.63) is 82.4 Å². The van der Waals surface area contributed by atoms with Crippen molar-refractivity contribution in [3.63, 3.8) is 0 Å². The van der Waals surface area contributed by atoms with E-state index in [1.165, 1.54) is 19.1 Å². The quantitative estimate of drug-likeness (QED) is 0.192. The van der Waals surface area contributed by atoms with Crippen molar-refractivity contribution in [2.45, 2.75) is 26.8 Å². The van der Waals surface area contributed by atoms with Crippen molar-refractivity contribution in [1.29, 1.82) is 0 Å². The van der Waals surface area contributed by atoms with Crippen molar-refractivity contribution in [3.8, 4) is 17.2 Å². The molecule has 0 spiro atoms. The minimum Gasteiger partial charge on any atom is -0.507 e. The second-order valence-corrected chi connectivity index (χ2v) is 9.28. The molecule has 1 unspecified atom stereocenters. The fraction of sp³-hybridized carbons (Fsp3) is 0.233. The van der Waals surface area contributed by atoms with Gasteiger partial charge in [-0.3, -0.25) is 14.5 Å². The first-order valence-corrected chi connectivity index (χ1v) is 12.5. The number of aliphatic hydroxyl groups is 1. The van der Waals surface area contributed by atoms with Crippen molar-refractivity contribution in [2.75, 3.05) is 25.7 Å². The summed E-state index contributed by atoms with van der Waals surface area (Å²) in [4.78, 5) is 36.2. The molecule has 1 fully saturated rings. The van der Waals surface area contributed by atoms with Gasteiger partial charge in [-0.05, 0) is 79.9 Å². The molecule has 9 heteroatoms. The van der Waals surface area contributed by atoms with Gasteiger partial charge in [-0.1, -0.05) is 12.1 Å². The second-order valence-electron chi connectivity index (χ2n) is 9.28. The molecule has 4 aromatic rings. The number of methoxy groups -OCH3 is 2. The average molecular weight is 528 g/mol. The number of hydrogen-bond acceptors (Lipinski definition) is 7. The molecule has 0 saturated carbocycles. The van der Waals surface area contributed by atoms with Crippen LogP contribution in [0.1, 0.15) is 35.2 Å². The van der Waals surface area contributed by atoms with Crippen LogP contribution in [0.25, 0.3) is 16.8 Å². The Bertz CT molecular complexity index is 1640. The zero-order valence-corrected chi connectivity index (χ0v) is 22.4. The van der Waals surface area contributed by atoms with Gasteiger partial charge in [0.2, 0.25) is 5.95 Å². The summed E-state index contributed by atoms with van der Waals surface area (Å²) in [5, 5.41) is 11.5. The van der Waals surface area contributed by atoms with Gasteiger partial charge in [0, 0.05) is 5.56 Å². The molecule has 1 amide bonds. The number of carbonyl (C=O) groups is 2. The van der Waals surface area contributed by atoms with Gasteiger partial charge in [-0.25, -0.2) is 4.98 Å². The maximum absolute atomic E-state index is 13.6. The van der Waals surface area contributed by atoms with Gasteiger partial charge in [-0.15, -0.1) is 0 Å². The van der Waals surface area contributed by atoms with Gasteiger partial charge in [0.25, 0.3) is 5.78 Å². The van der Waals surface area contributed by atoms with Crippen molar-refractivity contribution < 1.29 is 28.9 Å². The number of nitrogens with zero attached hydrogens (tertiary/aromatic N) is 2. The molecule has 0 bridgehead atoms. The maximum atomic E-state index is 13.6. The number of ketones is 1. The lowest BCUT2D eigenvalue weighted by Gasteiger charge is -2.24. The Kier molecular flexibility index (Phi) is 6.74. The van der Waals surface area contributed by atoms with E-state index < -0.39 is 17.7 Å². The number of anilines is 1. The molecule has 2 N–H and O–H groups in total. The molecular formula is C30H29N3O6. The predicted molar refractivity (Wildman–Crippen MR) is 148 cm³/mol. The molecule has 1 saturated heterocycles. The first-order chi connectivity index (χ1) is 18.8. The summed E-state index contributed by atoms with van der Waals surface area (Å²) in [6, 6.07) is 14.9. The zero-order valence-electron chi connectivity index (χ0n) is 22.4. The molecule has 1 atom stereocenters. The molecule has 200 valence electrons. The number of ether oxygens (including phenoxy) is 3. The van der Waals surface area contributed by atoms with Crippen LogP contribution in [0, 0.1) is 13.8 Å². The molecule has 0 aliphatic carbocycles. The van der Waals surface area contributed by atoms with Gasteiger partial charge >= 0.3 is 5.91 Å². The maximum Gasteiger partial charge on any atom is 0.302 e. The van der Waals surface area contributed by atoms with E-state index in [1.54, 1.807) is 36.4 Å². The largest absolute Gasteiger partial charge is 0.507 e. The molecule has 1 aliphatic rings. The first kappa shape index (κ1) is 25.8. The predicted octanol–water partition coefficient (Wildman–Crippen LogP) is 5.22. The monoisotopic (exact) mass is 527 g/mol. The first-order valence-electron chi connectivity index (χ1n) is 12.5.